The van der Waals surface area contributed by atoms with E-state index in [0.29, 0.717) is 11.3 Å². The van der Waals surface area contributed by atoms with Crippen LogP contribution >= 0.6 is 0 Å². The smallest absolute Gasteiger partial charge is 0.408 e. The fourth-order valence-electron chi connectivity index (χ4n) is 3.24. The summed E-state index contributed by atoms with van der Waals surface area (Å²) in [6.07, 6.45) is -0.833. The van der Waals surface area contributed by atoms with Crippen molar-refractivity contribution in [3.63, 3.8) is 0 Å². The number of aromatic nitrogens is 2. The molecule has 1 aromatic heterocycles. The maximum atomic E-state index is 12.5. The van der Waals surface area contributed by atoms with E-state index in [2.05, 4.69) is 15.5 Å². The number of esters is 1. The molecule has 0 aliphatic heterocycles. The first-order chi connectivity index (χ1) is 14.2. The summed E-state index contributed by atoms with van der Waals surface area (Å²) >= 11 is 0. The Labute approximate surface area is 173 Å². The van der Waals surface area contributed by atoms with Gasteiger partial charge >= 0.3 is 12.1 Å². The van der Waals surface area contributed by atoms with Crippen molar-refractivity contribution in [3.05, 3.63) is 58.4 Å². The number of ether oxygens (including phenoxy) is 2. The fourth-order valence-corrected chi connectivity index (χ4v) is 3.24. The summed E-state index contributed by atoms with van der Waals surface area (Å²) in [5.41, 5.74) is 0.583. The third kappa shape index (κ3) is 4.71. The lowest BCUT2D eigenvalue weighted by molar-refractivity contribution is -0.143. The molecular weight excluding hydrogens is 386 g/mol. The quantitative estimate of drug-likeness (QED) is 0.558. The van der Waals surface area contributed by atoms with Crippen molar-refractivity contribution in [1.82, 2.24) is 15.5 Å². The van der Waals surface area contributed by atoms with E-state index in [1.165, 1.54) is 7.11 Å². The number of nitrogens with one attached hydrogen (secondary N) is 3. The number of methoxy groups -OCH3 is 1. The van der Waals surface area contributed by atoms with E-state index in [1.807, 2.05) is 42.5 Å². The Kier molecular flexibility index (Phi) is 5.96. The molecule has 1 amide bonds. The van der Waals surface area contributed by atoms with Crippen LogP contribution in [-0.4, -0.2) is 41.0 Å². The Morgan fingerprint density at radius 1 is 1.07 bits per heavy atom. The summed E-state index contributed by atoms with van der Waals surface area (Å²) in [6.45, 7) is 5.15. The van der Waals surface area contributed by atoms with Gasteiger partial charge in [0.25, 0.3) is 5.56 Å². The van der Waals surface area contributed by atoms with E-state index in [4.69, 9.17) is 9.47 Å². The first-order valence-electron chi connectivity index (χ1n) is 9.54. The van der Waals surface area contributed by atoms with Crippen molar-refractivity contribution in [2.24, 2.45) is 0 Å². The Morgan fingerprint density at radius 2 is 1.77 bits per heavy atom. The van der Waals surface area contributed by atoms with Crippen LogP contribution in [-0.2, 0) is 20.7 Å². The van der Waals surface area contributed by atoms with Crippen LogP contribution in [0.25, 0.3) is 22.0 Å². The van der Waals surface area contributed by atoms with Crippen molar-refractivity contribution >= 4 is 22.8 Å². The number of benzene rings is 2. The van der Waals surface area contributed by atoms with Gasteiger partial charge in [0.2, 0.25) is 0 Å². The predicted octanol–water partition coefficient (Wildman–Crippen LogP) is 3.13. The molecule has 0 spiro atoms. The number of carbonyl (C=O) groups is 2. The minimum absolute atomic E-state index is 0.0662. The molecule has 3 rings (SSSR count). The van der Waals surface area contributed by atoms with Gasteiger partial charge in [0.1, 0.15) is 11.6 Å². The van der Waals surface area contributed by atoms with E-state index in [0.717, 1.165) is 16.3 Å². The molecule has 2 aromatic carbocycles. The molecule has 3 aromatic rings. The van der Waals surface area contributed by atoms with Crippen molar-refractivity contribution < 1.29 is 19.1 Å². The summed E-state index contributed by atoms with van der Waals surface area (Å²) in [5, 5.41) is 9.95. The lowest BCUT2D eigenvalue weighted by atomic mass is 9.97. The van der Waals surface area contributed by atoms with Crippen LogP contribution in [0.3, 0.4) is 0 Å². The Morgan fingerprint density at radius 3 is 2.47 bits per heavy atom. The van der Waals surface area contributed by atoms with Gasteiger partial charge in [-0.25, -0.2) is 9.59 Å². The molecule has 8 heteroatoms. The average Bonchev–Trinajstić information content (AvgIpc) is 3.05. The summed E-state index contributed by atoms with van der Waals surface area (Å²) in [4.78, 5) is 37.0. The highest BCUT2D eigenvalue weighted by molar-refractivity contribution is 5.96. The van der Waals surface area contributed by atoms with Crippen molar-refractivity contribution in [3.8, 4) is 11.3 Å². The third-order valence-electron chi connectivity index (χ3n) is 4.52. The highest BCUT2D eigenvalue weighted by Crippen LogP contribution is 2.28. The molecule has 0 aliphatic rings. The maximum Gasteiger partial charge on any atom is 0.408 e. The molecule has 0 saturated carbocycles. The molecule has 3 N–H and O–H groups in total. The van der Waals surface area contributed by atoms with E-state index >= 15 is 0 Å². The fraction of sp³-hybridized carbons (Fsp3) is 0.318. The zero-order valence-corrected chi connectivity index (χ0v) is 17.4. The molecular formula is C22H25N3O5. The van der Waals surface area contributed by atoms with Crippen LogP contribution < -0.4 is 10.9 Å². The lowest BCUT2D eigenvalue weighted by Crippen LogP contribution is -2.45. The largest absolute Gasteiger partial charge is 0.467 e. The van der Waals surface area contributed by atoms with Crippen LogP contribution in [0.5, 0.6) is 0 Å². The SMILES string of the molecule is COC(=O)[C@H](Cc1c(-c2cccc3ccccc23)[nH][nH]c1=O)NC(=O)OC(C)(C)C. The van der Waals surface area contributed by atoms with Gasteiger partial charge in [0.15, 0.2) is 0 Å². The number of H-pyrrole nitrogens is 2. The maximum absolute atomic E-state index is 12.5. The zero-order chi connectivity index (χ0) is 21.9. The summed E-state index contributed by atoms with van der Waals surface area (Å²) in [5.74, 6) is -0.676. The van der Waals surface area contributed by atoms with Crippen LogP contribution in [0.1, 0.15) is 26.3 Å². The zero-order valence-electron chi connectivity index (χ0n) is 17.4. The molecule has 0 saturated heterocycles. The van der Waals surface area contributed by atoms with Crippen molar-refractivity contribution in [2.75, 3.05) is 7.11 Å². The van der Waals surface area contributed by atoms with Crippen LogP contribution in [0.15, 0.2) is 47.3 Å². The minimum atomic E-state index is -1.09. The second-order valence-electron chi connectivity index (χ2n) is 7.89. The first-order valence-corrected chi connectivity index (χ1v) is 9.54. The molecule has 0 bridgehead atoms. The van der Waals surface area contributed by atoms with Gasteiger partial charge in [-0.3, -0.25) is 15.0 Å². The van der Waals surface area contributed by atoms with E-state index < -0.39 is 23.7 Å². The Bertz CT molecular complexity index is 1120. The highest BCUT2D eigenvalue weighted by atomic mass is 16.6. The predicted molar refractivity (Wildman–Crippen MR) is 113 cm³/mol. The topological polar surface area (TPSA) is 113 Å². The first kappa shape index (κ1) is 21.2. The Balaban J connectivity index is 1.97. The minimum Gasteiger partial charge on any atom is -0.467 e. The van der Waals surface area contributed by atoms with Crippen LogP contribution in [0.4, 0.5) is 4.79 Å². The summed E-state index contributed by atoms with van der Waals surface area (Å²) in [6, 6.07) is 12.5. The van der Waals surface area contributed by atoms with Crippen molar-refractivity contribution in [2.45, 2.75) is 38.8 Å². The van der Waals surface area contributed by atoms with Gasteiger partial charge < -0.3 is 14.8 Å². The monoisotopic (exact) mass is 411 g/mol. The second kappa shape index (κ2) is 8.44. The van der Waals surface area contributed by atoms with Gasteiger partial charge in [0, 0.05) is 17.5 Å². The number of rotatable bonds is 5. The molecule has 0 aliphatic carbocycles. The highest BCUT2D eigenvalue weighted by Gasteiger charge is 2.28. The number of alkyl carbamates (subject to hydrolysis) is 1. The third-order valence-corrected chi connectivity index (χ3v) is 4.52. The van der Waals surface area contributed by atoms with E-state index in [1.54, 1.807) is 20.8 Å². The molecule has 30 heavy (non-hydrogen) atoms. The number of carbonyl (C=O) groups excluding carboxylic acids is 2. The van der Waals surface area contributed by atoms with E-state index in [-0.39, 0.29) is 12.0 Å². The van der Waals surface area contributed by atoms with E-state index in [9.17, 15) is 14.4 Å². The van der Waals surface area contributed by atoms with Crippen molar-refractivity contribution in [1.29, 1.82) is 0 Å². The summed E-state index contributed by atoms with van der Waals surface area (Å²) < 4.78 is 10.0. The van der Waals surface area contributed by atoms with Crippen LogP contribution in [0, 0.1) is 0 Å². The van der Waals surface area contributed by atoms with Gasteiger partial charge in [-0.2, -0.15) is 0 Å². The molecule has 8 nitrogen and oxygen atoms in total. The molecule has 1 heterocycles. The number of hydrogen-bond donors (Lipinski definition) is 3. The number of fused-ring (bicyclic) bond motifs is 1. The second-order valence-corrected chi connectivity index (χ2v) is 7.89. The van der Waals surface area contributed by atoms with Crippen LogP contribution in [0.2, 0.25) is 0 Å². The van der Waals surface area contributed by atoms with Gasteiger partial charge in [-0.05, 0) is 31.5 Å². The lowest BCUT2D eigenvalue weighted by Gasteiger charge is -2.22. The number of hydrogen-bond acceptors (Lipinski definition) is 5. The molecule has 0 radical (unpaired) electrons. The molecule has 0 fully saturated rings. The standard InChI is InChI=1S/C22H25N3O5/c1-22(2,3)30-21(28)23-17(20(27)29-4)12-16-18(24-25-19(16)26)15-11-7-9-13-8-5-6-10-14(13)15/h5-11,17H,12H2,1-4H3,(H,23,28)(H2,24,25,26)/t17-/m0/s1. The summed E-state index contributed by atoms with van der Waals surface area (Å²) in [7, 11) is 1.22. The molecule has 0 unspecified atom stereocenters. The van der Waals surface area contributed by atoms with Gasteiger partial charge in [0.05, 0.1) is 12.8 Å². The number of amides is 1. The molecule has 158 valence electrons. The normalized spacial score (nSPS) is 12.4. The van der Waals surface area contributed by atoms with Gasteiger partial charge in [-0.1, -0.05) is 42.5 Å². The van der Waals surface area contributed by atoms with Gasteiger partial charge in [-0.15, -0.1) is 0 Å². The number of aromatic amines is 2. The molecule has 1 atom stereocenters. The average molecular weight is 411 g/mol. The Hall–Kier alpha value is -3.55.